The quantitative estimate of drug-likeness (QED) is 0.177. The van der Waals surface area contributed by atoms with Crippen molar-refractivity contribution < 1.29 is 0 Å². The Kier molecular flexibility index (Phi) is 7.02. The Morgan fingerprint density at radius 2 is 0.857 bits per heavy atom. The summed E-state index contributed by atoms with van der Waals surface area (Å²) in [5, 5.41) is 1.91. The first-order chi connectivity index (χ1) is 24.3. The average molecular weight is 652 g/mol. The zero-order chi connectivity index (χ0) is 32.6. The van der Waals surface area contributed by atoms with E-state index < -0.39 is 0 Å². The van der Waals surface area contributed by atoms with Crippen LogP contribution in [0, 0.1) is 0 Å². The van der Waals surface area contributed by atoms with E-state index in [1.807, 2.05) is 18.2 Å². The first-order valence-corrected chi connectivity index (χ1v) is 16.0. The van der Waals surface area contributed by atoms with Crippen molar-refractivity contribution in [3.63, 3.8) is 0 Å². The van der Waals surface area contributed by atoms with Crippen LogP contribution in [0.25, 0.3) is 88.2 Å². The maximum absolute atomic E-state index is 4.85. The van der Waals surface area contributed by atoms with Crippen LogP contribution >= 0.6 is 11.3 Å². The van der Waals surface area contributed by atoms with E-state index >= 15 is 0 Å². The molecule has 0 aliphatic carbocycles. The summed E-state index contributed by atoms with van der Waals surface area (Å²) in [6.07, 6.45) is 20.7. The molecule has 0 atom stereocenters. The van der Waals surface area contributed by atoms with E-state index in [0.717, 1.165) is 59.2 Å². The number of aromatic nitrogens is 11. The van der Waals surface area contributed by atoms with Gasteiger partial charge in [0.15, 0.2) is 23.3 Å². The van der Waals surface area contributed by atoms with Crippen LogP contribution in [0.2, 0.25) is 0 Å². The Morgan fingerprint density at radius 3 is 1.39 bits per heavy atom. The Bertz CT molecular complexity index is 2390. The number of hydrogen-bond acceptors (Lipinski definition) is 12. The normalized spacial score (nSPS) is 11.3. The standard InChI is InChI=1S/C37H21N11S/c1-2-8-39-26(7-1)30-29(36-45-13-5-14-46-36)25(35-43-11-4-12-44-35)20-22-23-19-24(34-41-9-3-10-42-34)28(27-21-38-17-18-40-27)31(33(23)49-32(22)30)37-47-15-6-16-48-37/h1-21H. The molecule has 12 heteroatoms. The Hall–Kier alpha value is -6.79. The first kappa shape index (κ1) is 28.4. The fourth-order valence-electron chi connectivity index (χ4n) is 6.02. The molecule has 0 aliphatic rings. The highest BCUT2D eigenvalue weighted by Crippen LogP contribution is 2.52. The molecule has 9 aromatic rings. The topological polar surface area (TPSA) is 142 Å². The van der Waals surface area contributed by atoms with Crippen LogP contribution in [0.4, 0.5) is 0 Å². The molecule has 0 aliphatic heterocycles. The molecule has 0 fully saturated rings. The third kappa shape index (κ3) is 4.94. The lowest BCUT2D eigenvalue weighted by atomic mass is 9.91. The molecule has 0 N–H and O–H groups in total. The van der Waals surface area contributed by atoms with Crippen molar-refractivity contribution >= 4 is 31.5 Å². The number of thiophene rings is 1. The zero-order valence-corrected chi connectivity index (χ0v) is 26.3. The monoisotopic (exact) mass is 651 g/mol. The summed E-state index contributed by atoms with van der Waals surface area (Å²) in [4.78, 5) is 51.7. The molecule has 9 rings (SSSR count). The summed E-state index contributed by atoms with van der Waals surface area (Å²) in [7, 11) is 0. The van der Waals surface area contributed by atoms with Gasteiger partial charge in [-0.15, -0.1) is 11.3 Å². The van der Waals surface area contributed by atoms with Crippen molar-refractivity contribution in [3.05, 3.63) is 129 Å². The lowest BCUT2D eigenvalue weighted by molar-refractivity contribution is 1.15. The molecular weight excluding hydrogens is 631 g/mol. The minimum absolute atomic E-state index is 0.535. The summed E-state index contributed by atoms with van der Waals surface area (Å²) in [6, 6.07) is 17.3. The number of nitrogens with zero attached hydrogens (tertiary/aromatic N) is 11. The Labute approximate surface area is 282 Å². The zero-order valence-electron chi connectivity index (χ0n) is 25.5. The average Bonchev–Trinajstić information content (AvgIpc) is 3.56. The van der Waals surface area contributed by atoms with Crippen molar-refractivity contribution in [2.24, 2.45) is 0 Å². The Morgan fingerprint density at radius 1 is 0.367 bits per heavy atom. The summed E-state index contributed by atoms with van der Waals surface area (Å²) in [6.45, 7) is 0. The first-order valence-electron chi connectivity index (χ1n) is 15.2. The molecule has 11 nitrogen and oxygen atoms in total. The summed E-state index contributed by atoms with van der Waals surface area (Å²) < 4.78 is 1.93. The molecule has 7 heterocycles. The molecule has 0 radical (unpaired) electrons. The van der Waals surface area contributed by atoms with Crippen LogP contribution in [-0.4, -0.2) is 54.8 Å². The van der Waals surface area contributed by atoms with E-state index in [4.69, 9.17) is 29.9 Å². The second-order valence-electron chi connectivity index (χ2n) is 10.8. The third-order valence-electron chi connectivity index (χ3n) is 7.99. The minimum Gasteiger partial charge on any atom is -0.261 e. The van der Waals surface area contributed by atoms with Crippen molar-refractivity contribution in [2.75, 3.05) is 0 Å². The molecule has 49 heavy (non-hydrogen) atoms. The van der Waals surface area contributed by atoms with Gasteiger partial charge >= 0.3 is 0 Å². The number of pyridine rings is 1. The van der Waals surface area contributed by atoms with Crippen LogP contribution in [0.1, 0.15) is 0 Å². The van der Waals surface area contributed by atoms with Gasteiger partial charge in [0.2, 0.25) is 0 Å². The van der Waals surface area contributed by atoms with Gasteiger partial charge < -0.3 is 0 Å². The molecule has 0 amide bonds. The van der Waals surface area contributed by atoms with Crippen molar-refractivity contribution in [1.82, 2.24) is 54.8 Å². The molecule has 0 spiro atoms. The van der Waals surface area contributed by atoms with E-state index in [1.165, 1.54) is 0 Å². The minimum atomic E-state index is 0.535. The molecule has 0 unspecified atom stereocenters. The van der Waals surface area contributed by atoms with E-state index in [9.17, 15) is 0 Å². The molecule has 0 saturated heterocycles. The SMILES string of the molecule is c1ccc(-c2c(-c3ncccn3)c(-c3ncccn3)cc3c2sc2c(-c4ncccn4)c(-c4cnccn4)c(-c4ncccn4)cc23)nc1. The number of rotatable bonds is 6. The van der Waals surface area contributed by atoms with Crippen LogP contribution in [0.15, 0.2) is 129 Å². The van der Waals surface area contributed by atoms with Gasteiger partial charge in [0.05, 0.1) is 17.6 Å². The third-order valence-corrected chi connectivity index (χ3v) is 9.24. The highest BCUT2D eigenvalue weighted by Gasteiger charge is 2.28. The van der Waals surface area contributed by atoms with Crippen LogP contribution in [-0.2, 0) is 0 Å². The lowest BCUT2D eigenvalue weighted by Crippen LogP contribution is -1.99. The molecule has 2 aromatic carbocycles. The number of hydrogen-bond donors (Lipinski definition) is 0. The highest BCUT2D eigenvalue weighted by molar-refractivity contribution is 7.27. The van der Waals surface area contributed by atoms with Crippen LogP contribution in [0.3, 0.4) is 0 Å². The highest BCUT2D eigenvalue weighted by atomic mass is 32.1. The number of fused-ring (bicyclic) bond motifs is 3. The molecular formula is C37H21N11S. The maximum atomic E-state index is 4.85. The summed E-state index contributed by atoms with van der Waals surface area (Å²) in [5.74, 6) is 2.15. The van der Waals surface area contributed by atoms with Gasteiger partial charge in [-0.25, -0.2) is 39.9 Å². The predicted molar refractivity (Wildman–Crippen MR) is 188 cm³/mol. The van der Waals surface area contributed by atoms with E-state index in [0.29, 0.717) is 29.0 Å². The second kappa shape index (κ2) is 12.1. The molecule has 230 valence electrons. The van der Waals surface area contributed by atoms with Crippen molar-refractivity contribution in [1.29, 1.82) is 0 Å². The Balaban J connectivity index is 1.52. The van der Waals surface area contributed by atoms with E-state index in [1.54, 1.807) is 110 Å². The second-order valence-corrected chi connectivity index (χ2v) is 11.8. The number of benzene rings is 2. The maximum Gasteiger partial charge on any atom is 0.161 e. The molecule has 0 bridgehead atoms. The smallest absolute Gasteiger partial charge is 0.161 e. The van der Waals surface area contributed by atoms with Gasteiger partial charge in [0.1, 0.15) is 0 Å². The van der Waals surface area contributed by atoms with E-state index in [-0.39, 0.29) is 0 Å². The van der Waals surface area contributed by atoms with Crippen LogP contribution in [0.5, 0.6) is 0 Å². The van der Waals surface area contributed by atoms with Gasteiger partial charge in [0, 0.05) is 122 Å². The van der Waals surface area contributed by atoms with Crippen molar-refractivity contribution in [3.8, 4) is 68.1 Å². The molecule has 7 aromatic heterocycles. The fraction of sp³-hybridized carbons (Fsp3) is 0. The largest absolute Gasteiger partial charge is 0.261 e. The van der Waals surface area contributed by atoms with Crippen molar-refractivity contribution in [2.45, 2.75) is 0 Å². The summed E-state index contributed by atoms with van der Waals surface area (Å²) >= 11 is 1.62. The van der Waals surface area contributed by atoms with Gasteiger partial charge in [-0.05, 0) is 48.5 Å². The van der Waals surface area contributed by atoms with Gasteiger partial charge in [-0.1, -0.05) is 6.07 Å². The predicted octanol–water partition coefficient (Wildman–Crippen LogP) is 7.40. The van der Waals surface area contributed by atoms with Gasteiger partial charge in [-0.3, -0.25) is 15.0 Å². The van der Waals surface area contributed by atoms with Gasteiger partial charge in [-0.2, -0.15) is 0 Å². The van der Waals surface area contributed by atoms with Crippen LogP contribution < -0.4 is 0 Å². The fourth-order valence-corrected chi connectivity index (χ4v) is 7.39. The molecule has 0 saturated carbocycles. The van der Waals surface area contributed by atoms with E-state index in [2.05, 4.69) is 37.1 Å². The lowest BCUT2D eigenvalue weighted by Gasteiger charge is -2.15. The summed E-state index contributed by atoms with van der Waals surface area (Å²) in [5.41, 5.74) is 6.17. The van der Waals surface area contributed by atoms with Gasteiger partial charge in [0.25, 0.3) is 0 Å².